The molecule has 19 heavy (non-hydrogen) atoms. The lowest BCUT2D eigenvalue weighted by atomic mass is 10.2. The van der Waals surface area contributed by atoms with Gasteiger partial charge in [-0.3, -0.25) is 14.2 Å². The fourth-order valence-corrected chi connectivity index (χ4v) is 1.40. The molecule has 2 aromatic rings. The maximum Gasteiger partial charge on any atom is 0.276 e. The van der Waals surface area contributed by atoms with Crippen molar-refractivity contribution in [2.45, 2.75) is 13.8 Å². The predicted octanol–water partition coefficient (Wildman–Crippen LogP) is 1.58. The smallest absolute Gasteiger partial charge is 0.276 e. The first kappa shape index (κ1) is 13.2. The SMILES string of the molecule is CC(C)CONC(=O)c1ccc(-n2ccnc2)nc1. The number of aromatic nitrogens is 3. The van der Waals surface area contributed by atoms with E-state index in [4.69, 9.17) is 4.84 Å². The number of carbonyl (C=O) groups is 1. The van der Waals surface area contributed by atoms with E-state index in [9.17, 15) is 4.79 Å². The summed E-state index contributed by atoms with van der Waals surface area (Å²) >= 11 is 0. The van der Waals surface area contributed by atoms with Gasteiger partial charge in [0.25, 0.3) is 5.91 Å². The molecule has 2 heterocycles. The van der Waals surface area contributed by atoms with Gasteiger partial charge in [0.1, 0.15) is 12.1 Å². The molecule has 0 aliphatic heterocycles. The number of amides is 1. The summed E-state index contributed by atoms with van der Waals surface area (Å²) in [6.07, 6.45) is 6.60. The Morgan fingerprint density at radius 2 is 2.32 bits per heavy atom. The standard InChI is InChI=1S/C13H16N4O2/c1-10(2)8-19-16-13(18)11-3-4-12(15-7-11)17-6-5-14-9-17/h3-7,9-10H,8H2,1-2H3,(H,16,18). The first-order valence-electron chi connectivity index (χ1n) is 6.03. The summed E-state index contributed by atoms with van der Waals surface area (Å²) in [6, 6.07) is 3.44. The summed E-state index contributed by atoms with van der Waals surface area (Å²) in [5.74, 6) is 0.768. The first-order valence-corrected chi connectivity index (χ1v) is 6.03. The monoisotopic (exact) mass is 260 g/mol. The van der Waals surface area contributed by atoms with Crippen molar-refractivity contribution in [2.75, 3.05) is 6.61 Å². The van der Waals surface area contributed by atoms with E-state index >= 15 is 0 Å². The molecule has 1 N–H and O–H groups in total. The average Bonchev–Trinajstić information content (AvgIpc) is 2.92. The van der Waals surface area contributed by atoms with Gasteiger partial charge in [-0.05, 0) is 18.1 Å². The number of nitrogens with one attached hydrogen (secondary N) is 1. The van der Waals surface area contributed by atoms with Crippen LogP contribution in [0.25, 0.3) is 5.82 Å². The van der Waals surface area contributed by atoms with Crippen LogP contribution in [0, 0.1) is 5.92 Å². The highest BCUT2D eigenvalue weighted by atomic mass is 16.6. The van der Waals surface area contributed by atoms with E-state index in [0.29, 0.717) is 23.9 Å². The number of hydroxylamine groups is 1. The minimum absolute atomic E-state index is 0.301. The molecule has 0 spiro atoms. The fourth-order valence-electron chi connectivity index (χ4n) is 1.40. The van der Waals surface area contributed by atoms with E-state index in [1.807, 2.05) is 13.8 Å². The Morgan fingerprint density at radius 3 is 2.89 bits per heavy atom. The Balaban J connectivity index is 1.96. The largest absolute Gasteiger partial charge is 0.291 e. The predicted molar refractivity (Wildman–Crippen MR) is 69.6 cm³/mol. The second-order valence-electron chi connectivity index (χ2n) is 4.51. The lowest BCUT2D eigenvalue weighted by Gasteiger charge is -2.08. The van der Waals surface area contributed by atoms with Gasteiger partial charge in [0, 0.05) is 18.6 Å². The zero-order valence-corrected chi connectivity index (χ0v) is 10.9. The molecule has 0 saturated carbocycles. The van der Waals surface area contributed by atoms with Gasteiger partial charge in [-0.1, -0.05) is 13.8 Å². The highest BCUT2D eigenvalue weighted by Gasteiger charge is 2.07. The van der Waals surface area contributed by atoms with Gasteiger partial charge in [0.15, 0.2) is 0 Å². The quantitative estimate of drug-likeness (QED) is 0.829. The lowest BCUT2D eigenvalue weighted by molar-refractivity contribution is 0.0208. The molecule has 6 nitrogen and oxygen atoms in total. The molecule has 0 atom stereocenters. The Labute approximate surface area is 111 Å². The van der Waals surface area contributed by atoms with Crippen LogP contribution in [-0.2, 0) is 4.84 Å². The molecule has 0 saturated heterocycles. The molecule has 0 unspecified atom stereocenters. The van der Waals surface area contributed by atoms with Crippen molar-refractivity contribution in [1.29, 1.82) is 0 Å². The minimum atomic E-state index is -0.301. The van der Waals surface area contributed by atoms with E-state index in [-0.39, 0.29) is 5.91 Å². The van der Waals surface area contributed by atoms with Crippen molar-refractivity contribution in [3.8, 4) is 5.82 Å². The second-order valence-corrected chi connectivity index (χ2v) is 4.51. The van der Waals surface area contributed by atoms with Crippen molar-refractivity contribution >= 4 is 5.91 Å². The van der Waals surface area contributed by atoms with E-state index in [2.05, 4.69) is 15.4 Å². The third-order valence-corrected chi connectivity index (χ3v) is 2.36. The Kier molecular flexibility index (Phi) is 4.25. The number of rotatable bonds is 5. The van der Waals surface area contributed by atoms with Gasteiger partial charge in [-0.15, -0.1) is 0 Å². The number of hydrogen-bond acceptors (Lipinski definition) is 4. The van der Waals surface area contributed by atoms with Crippen LogP contribution in [0.5, 0.6) is 0 Å². The number of imidazole rings is 1. The van der Waals surface area contributed by atoms with Gasteiger partial charge in [-0.25, -0.2) is 15.4 Å². The van der Waals surface area contributed by atoms with Crippen LogP contribution in [0.15, 0.2) is 37.1 Å². The van der Waals surface area contributed by atoms with Gasteiger partial charge < -0.3 is 0 Å². The van der Waals surface area contributed by atoms with Crippen LogP contribution >= 0.6 is 0 Å². The number of pyridine rings is 1. The summed E-state index contributed by atoms with van der Waals surface area (Å²) in [6.45, 7) is 4.49. The number of nitrogens with zero attached hydrogens (tertiary/aromatic N) is 3. The molecular weight excluding hydrogens is 244 g/mol. The van der Waals surface area contributed by atoms with Gasteiger partial charge >= 0.3 is 0 Å². The maximum absolute atomic E-state index is 11.7. The molecule has 2 rings (SSSR count). The number of hydrogen-bond donors (Lipinski definition) is 1. The zero-order chi connectivity index (χ0) is 13.7. The molecule has 1 amide bonds. The summed E-state index contributed by atoms with van der Waals surface area (Å²) < 4.78 is 1.76. The van der Waals surface area contributed by atoms with Crippen LogP contribution in [0.4, 0.5) is 0 Å². The van der Waals surface area contributed by atoms with Gasteiger partial charge in [0.2, 0.25) is 0 Å². The van der Waals surface area contributed by atoms with Gasteiger partial charge in [0.05, 0.1) is 12.2 Å². The van der Waals surface area contributed by atoms with Crippen LogP contribution in [0.2, 0.25) is 0 Å². The summed E-state index contributed by atoms with van der Waals surface area (Å²) in [5.41, 5.74) is 2.84. The fraction of sp³-hybridized carbons (Fsp3) is 0.308. The third kappa shape index (κ3) is 3.62. The summed E-state index contributed by atoms with van der Waals surface area (Å²) in [4.78, 5) is 24.9. The van der Waals surface area contributed by atoms with Crippen LogP contribution in [-0.4, -0.2) is 27.0 Å². The topological polar surface area (TPSA) is 69.0 Å². The molecular formula is C13H16N4O2. The van der Waals surface area contributed by atoms with Crippen molar-refractivity contribution < 1.29 is 9.63 Å². The van der Waals surface area contributed by atoms with E-state index in [1.54, 1.807) is 35.4 Å². The van der Waals surface area contributed by atoms with Crippen molar-refractivity contribution in [1.82, 2.24) is 20.0 Å². The minimum Gasteiger partial charge on any atom is -0.291 e. The van der Waals surface area contributed by atoms with Crippen molar-refractivity contribution in [2.24, 2.45) is 5.92 Å². The molecule has 0 fully saturated rings. The van der Waals surface area contributed by atoms with E-state index in [0.717, 1.165) is 0 Å². The molecule has 0 aromatic carbocycles. The normalized spacial score (nSPS) is 10.7. The average molecular weight is 260 g/mol. The Bertz CT molecular complexity index is 520. The number of carbonyl (C=O) groups excluding carboxylic acids is 1. The maximum atomic E-state index is 11.7. The highest BCUT2D eigenvalue weighted by molar-refractivity contribution is 5.93. The summed E-state index contributed by atoms with van der Waals surface area (Å²) in [7, 11) is 0. The molecule has 0 aliphatic carbocycles. The Hall–Kier alpha value is -2.21. The molecule has 100 valence electrons. The molecule has 6 heteroatoms. The van der Waals surface area contributed by atoms with Crippen LogP contribution < -0.4 is 5.48 Å². The van der Waals surface area contributed by atoms with E-state index in [1.165, 1.54) is 6.20 Å². The first-order chi connectivity index (χ1) is 9.16. The van der Waals surface area contributed by atoms with Crippen molar-refractivity contribution in [3.63, 3.8) is 0 Å². The molecule has 2 aromatic heterocycles. The van der Waals surface area contributed by atoms with Crippen LogP contribution in [0.1, 0.15) is 24.2 Å². The Morgan fingerprint density at radius 1 is 1.47 bits per heavy atom. The second kappa shape index (κ2) is 6.10. The summed E-state index contributed by atoms with van der Waals surface area (Å²) in [5, 5.41) is 0. The molecule has 0 radical (unpaired) electrons. The van der Waals surface area contributed by atoms with Gasteiger partial charge in [-0.2, -0.15) is 0 Å². The van der Waals surface area contributed by atoms with Crippen molar-refractivity contribution in [3.05, 3.63) is 42.6 Å². The third-order valence-electron chi connectivity index (χ3n) is 2.36. The van der Waals surface area contributed by atoms with Crippen LogP contribution in [0.3, 0.4) is 0 Å². The molecule has 0 bridgehead atoms. The highest BCUT2D eigenvalue weighted by Crippen LogP contribution is 2.05. The van der Waals surface area contributed by atoms with E-state index < -0.39 is 0 Å². The lowest BCUT2D eigenvalue weighted by Crippen LogP contribution is -2.25. The zero-order valence-electron chi connectivity index (χ0n) is 10.9. The molecule has 0 aliphatic rings.